The number of ether oxygens (including phenoxy) is 1. The van der Waals surface area contributed by atoms with Crippen LogP contribution in [0.1, 0.15) is 26.0 Å². The van der Waals surface area contributed by atoms with E-state index in [1.54, 1.807) is 19.9 Å². The highest BCUT2D eigenvalue weighted by molar-refractivity contribution is 5.40. The minimum atomic E-state index is -1.00. The predicted octanol–water partition coefficient (Wildman–Crippen LogP) is 1.84. The minimum Gasteiger partial charge on any atom is -0.483 e. The summed E-state index contributed by atoms with van der Waals surface area (Å²) in [5.41, 5.74) is -0.454. The van der Waals surface area contributed by atoms with Crippen LogP contribution in [0.4, 0.5) is 5.82 Å². The normalized spacial score (nSPS) is 14.1. The van der Waals surface area contributed by atoms with E-state index in [4.69, 9.17) is 4.74 Å². The quantitative estimate of drug-likeness (QED) is 0.627. The number of aliphatic hydroxyl groups is 1. The van der Waals surface area contributed by atoms with Gasteiger partial charge in [0.1, 0.15) is 12.3 Å². The predicted molar refractivity (Wildman–Crippen MR) is 62.0 cm³/mol. The molecule has 1 N–H and O–H groups in total. The lowest BCUT2D eigenvalue weighted by molar-refractivity contribution is -0.390. The average molecular weight is 240 g/mol. The van der Waals surface area contributed by atoms with Gasteiger partial charge in [0, 0.05) is 6.92 Å². The van der Waals surface area contributed by atoms with E-state index < -0.39 is 10.5 Å². The van der Waals surface area contributed by atoms with Crippen LogP contribution >= 0.6 is 0 Å². The van der Waals surface area contributed by atoms with Crippen LogP contribution in [0.25, 0.3) is 0 Å². The highest BCUT2D eigenvalue weighted by Crippen LogP contribution is 2.25. The Morgan fingerprint density at radius 2 is 2.24 bits per heavy atom. The summed E-state index contributed by atoms with van der Waals surface area (Å²) in [5, 5.41) is 20.5. The Bertz CT molecular complexity index is 418. The van der Waals surface area contributed by atoms with Gasteiger partial charge in [-0.05, 0) is 35.4 Å². The van der Waals surface area contributed by atoms with Gasteiger partial charge in [-0.2, -0.15) is 0 Å². The van der Waals surface area contributed by atoms with Crippen molar-refractivity contribution in [3.8, 4) is 5.75 Å². The lowest BCUT2D eigenvalue weighted by atomic mass is 10.1. The number of nitro groups is 1. The second-order valence-corrected chi connectivity index (χ2v) is 4.17. The van der Waals surface area contributed by atoms with Crippen LogP contribution in [0.15, 0.2) is 12.1 Å². The molecule has 0 aliphatic heterocycles. The molecule has 0 bridgehead atoms. The first-order chi connectivity index (χ1) is 7.85. The molecule has 1 heterocycles. The third-order valence-corrected chi connectivity index (χ3v) is 2.45. The molecular weight excluding hydrogens is 224 g/mol. The molecule has 1 unspecified atom stereocenters. The summed E-state index contributed by atoms with van der Waals surface area (Å²) >= 11 is 0. The van der Waals surface area contributed by atoms with Crippen LogP contribution in [-0.2, 0) is 0 Å². The summed E-state index contributed by atoms with van der Waals surface area (Å²) in [6.07, 6.45) is 0.500. The number of rotatable bonds is 5. The van der Waals surface area contributed by atoms with E-state index >= 15 is 0 Å². The van der Waals surface area contributed by atoms with Crippen molar-refractivity contribution in [3.63, 3.8) is 0 Å². The van der Waals surface area contributed by atoms with E-state index in [2.05, 4.69) is 4.98 Å². The fraction of sp³-hybridized carbons (Fsp3) is 0.545. The lowest BCUT2D eigenvalue weighted by Gasteiger charge is -2.21. The van der Waals surface area contributed by atoms with Crippen molar-refractivity contribution in [1.82, 2.24) is 4.98 Å². The fourth-order valence-corrected chi connectivity index (χ4v) is 1.11. The molecule has 0 aromatic carbocycles. The number of aromatic nitrogens is 1. The molecule has 0 aliphatic rings. The van der Waals surface area contributed by atoms with Crippen molar-refractivity contribution < 1.29 is 14.8 Å². The first kappa shape index (κ1) is 13.4. The van der Waals surface area contributed by atoms with E-state index in [9.17, 15) is 15.2 Å². The van der Waals surface area contributed by atoms with Crippen LogP contribution in [0.5, 0.6) is 5.75 Å². The van der Waals surface area contributed by atoms with Crippen molar-refractivity contribution in [3.05, 3.63) is 27.9 Å². The second kappa shape index (κ2) is 5.09. The molecule has 0 spiro atoms. The maximum Gasteiger partial charge on any atom is 0.406 e. The number of pyridine rings is 1. The standard InChI is InChI=1S/C11H16N2O4/c1-4-11(3,14)7-17-9-6-5-8(2)12-10(9)13(15)16/h5-6,14H,4,7H2,1-3H3. The monoisotopic (exact) mass is 240 g/mol. The summed E-state index contributed by atoms with van der Waals surface area (Å²) in [6.45, 7) is 5.08. The summed E-state index contributed by atoms with van der Waals surface area (Å²) in [7, 11) is 0. The van der Waals surface area contributed by atoms with Gasteiger partial charge in [-0.1, -0.05) is 6.92 Å². The van der Waals surface area contributed by atoms with E-state index in [1.165, 1.54) is 6.07 Å². The molecule has 6 heteroatoms. The summed E-state index contributed by atoms with van der Waals surface area (Å²) < 4.78 is 5.25. The third kappa shape index (κ3) is 3.67. The zero-order valence-corrected chi connectivity index (χ0v) is 10.1. The molecule has 1 atom stereocenters. The summed E-state index contributed by atoms with van der Waals surface area (Å²) in [6, 6.07) is 3.12. The molecule has 0 saturated carbocycles. The first-order valence-corrected chi connectivity index (χ1v) is 5.33. The Morgan fingerprint density at radius 3 is 2.76 bits per heavy atom. The molecule has 0 aliphatic carbocycles. The van der Waals surface area contributed by atoms with Gasteiger partial charge in [0.15, 0.2) is 0 Å². The molecule has 1 aromatic heterocycles. The Balaban J connectivity index is 2.88. The number of aryl methyl sites for hydroxylation is 1. The molecule has 0 radical (unpaired) electrons. The minimum absolute atomic E-state index is 0.00488. The van der Waals surface area contributed by atoms with Crippen LogP contribution in [0.3, 0.4) is 0 Å². The first-order valence-electron chi connectivity index (χ1n) is 5.33. The summed E-state index contributed by atoms with van der Waals surface area (Å²) in [4.78, 5) is 14.0. The van der Waals surface area contributed by atoms with Crippen molar-refractivity contribution in [2.75, 3.05) is 6.61 Å². The Kier molecular flexibility index (Phi) is 4.01. The van der Waals surface area contributed by atoms with Crippen LogP contribution in [-0.4, -0.2) is 27.2 Å². The van der Waals surface area contributed by atoms with E-state index in [1.807, 2.05) is 6.92 Å². The van der Waals surface area contributed by atoms with Gasteiger partial charge in [-0.25, -0.2) is 0 Å². The van der Waals surface area contributed by atoms with Crippen LogP contribution in [0, 0.1) is 17.0 Å². The van der Waals surface area contributed by atoms with Crippen LogP contribution in [0.2, 0.25) is 0 Å². The van der Waals surface area contributed by atoms with Crippen molar-refractivity contribution >= 4 is 5.82 Å². The zero-order chi connectivity index (χ0) is 13.1. The van der Waals surface area contributed by atoms with Gasteiger partial charge >= 0.3 is 5.82 Å². The number of hydrogen-bond acceptors (Lipinski definition) is 5. The number of hydrogen-bond donors (Lipinski definition) is 1. The Morgan fingerprint density at radius 1 is 1.59 bits per heavy atom. The molecule has 6 nitrogen and oxygen atoms in total. The molecule has 0 fully saturated rings. The molecule has 94 valence electrons. The molecule has 0 saturated heterocycles. The van der Waals surface area contributed by atoms with Crippen molar-refractivity contribution in [1.29, 1.82) is 0 Å². The smallest absolute Gasteiger partial charge is 0.406 e. The molecule has 0 amide bonds. The van der Waals surface area contributed by atoms with Gasteiger partial charge in [0.05, 0.1) is 5.60 Å². The Hall–Kier alpha value is -1.69. The molecule has 17 heavy (non-hydrogen) atoms. The SMILES string of the molecule is CCC(C)(O)COc1ccc(C)nc1[N+](=O)[O-]. The molecule has 1 aromatic rings. The van der Waals surface area contributed by atoms with Crippen molar-refractivity contribution in [2.45, 2.75) is 32.8 Å². The van der Waals surface area contributed by atoms with E-state index in [-0.39, 0.29) is 18.2 Å². The zero-order valence-electron chi connectivity index (χ0n) is 10.1. The van der Waals surface area contributed by atoms with Gasteiger partial charge < -0.3 is 20.0 Å². The van der Waals surface area contributed by atoms with Gasteiger partial charge in [0.25, 0.3) is 0 Å². The maximum absolute atomic E-state index is 10.8. The van der Waals surface area contributed by atoms with E-state index in [0.29, 0.717) is 12.1 Å². The topological polar surface area (TPSA) is 85.5 Å². The number of nitrogens with zero attached hydrogens (tertiary/aromatic N) is 2. The Labute approximate surface area is 99.4 Å². The summed E-state index contributed by atoms with van der Waals surface area (Å²) in [5.74, 6) is -0.244. The highest BCUT2D eigenvalue weighted by Gasteiger charge is 2.23. The highest BCUT2D eigenvalue weighted by atomic mass is 16.6. The molecular formula is C11H16N2O4. The maximum atomic E-state index is 10.8. The van der Waals surface area contributed by atoms with Gasteiger partial charge in [-0.15, -0.1) is 0 Å². The van der Waals surface area contributed by atoms with Crippen LogP contribution < -0.4 is 4.74 Å². The van der Waals surface area contributed by atoms with Crippen molar-refractivity contribution in [2.24, 2.45) is 0 Å². The molecule has 1 rings (SSSR count). The largest absolute Gasteiger partial charge is 0.483 e. The fourth-order valence-electron chi connectivity index (χ4n) is 1.11. The second-order valence-electron chi connectivity index (χ2n) is 4.17. The third-order valence-electron chi connectivity index (χ3n) is 2.45. The van der Waals surface area contributed by atoms with Gasteiger partial charge in [-0.3, -0.25) is 0 Å². The average Bonchev–Trinajstić information content (AvgIpc) is 2.27. The lowest BCUT2D eigenvalue weighted by Crippen LogP contribution is -2.31. The van der Waals surface area contributed by atoms with Gasteiger partial charge in [0.2, 0.25) is 5.75 Å². The van der Waals surface area contributed by atoms with E-state index in [0.717, 1.165) is 0 Å².